The van der Waals surface area contributed by atoms with Gasteiger partial charge in [0.25, 0.3) is 0 Å². The van der Waals surface area contributed by atoms with E-state index in [2.05, 4.69) is 5.32 Å². The number of carbonyl (C=O) groups is 1. The summed E-state index contributed by atoms with van der Waals surface area (Å²) in [7, 11) is 0. The first-order valence-electron chi connectivity index (χ1n) is 4.39. The van der Waals surface area contributed by atoms with Crippen LogP contribution in [-0.4, -0.2) is 42.3 Å². The summed E-state index contributed by atoms with van der Waals surface area (Å²) in [6.07, 6.45) is 2.13. The Kier molecular flexibility index (Phi) is 1.72. The lowest BCUT2D eigenvalue weighted by Gasteiger charge is -2.20. The van der Waals surface area contributed by atoms with Gasteiger partial charge in [-0.25, -0.2) is 4.79 Å². The third kappa shape index (κ3) is 1.27. The van der Waals surface area contributed by atoms with Crippen LogP contribution in [0.15, 0.2) is 0 Å². The van der Waals surface area contributed by atoms with Crippen LogP contribution < -0.4 is 5.32 Å². The molecule has 4 heteroatoms. The van der Waals surface area contributed by atoms with Gasteiger partial charge in [0.1, 0.15) is 0 Å². The van der Waals surface area contributed by atoms with Crippen molar-refractivity contribution >= 4 is 6.03 Å². The summed E-state index contributed by atoms with van der Waals surface area (Å²) in [6.45, 7) is 2.49. The molecule has 0 aromatic rings. The van der Waals surface area contributed by atoms with Gasteiger partial charge in [0.05, 0.1) is 6.61 Å². The maximum atomic E-state index is 11.1. The fourth-order valence-corrected chi connectivity index (χ4v) is 1.61. The normalized spacial score (nSPS) is 25.8. The third-order valence-electron chi connectivity index (χ3n) is 2.76. The molecular weight excluding hydrogens is 156 g/mol. The van der Waals surface area contributed by atoms with E-state index in [4.69, 9.17) is 5.11 Å². The van der Waals surface area contributed by atoms with Crippen LogP contribution in [0.5, 0.6) is 0 Å². The molecule has 0 bridgehead atoms. The van der Waals surface area contributed by atoms with Crippen LogP contribution in [0.1, 0.15) is 12.8 Å². The van der Waals surface area contributed by atoms with Crippen LogP contribution in [-0.2, 0) is 0 Å². The maximum Gasteiger partial charge on any atom is 0.317 e. The Morgan fingerprint density at radius 1 is 1.58 bits per heavy atom. The summed E-state index contributed by atoms with van der Waals surface area (Å²) in [6, 6.07) is 0.0229. The molecule has 12 heavy (non-hydrogen) atoms. The van der Waals surface area contributed by atoms with Crippen molar-refractivity contribution in [3.63, 3.8) is 0 Å². The first kappa shape index (κ1) is 7.86. The van der Waals surface area contributed by atoms with Crippen molar-refractivity contribution in [2.75, 3.05) is 26.2 Å². The van der Waals surface area contributed by atoms with E-state index in [0.717, 1.165) is 32.5 Å². The standard InChI is InChI=1S/C8H14N2O2/c11-6-8(1-2-8)5-10-4-3-9-7(10)12/h11H,1-6H2,(H,9,12). The Labute approximate surface area is 71.5 Å². The zero-order valence-electron chi connectivity index (χ0n) is 7.05. The van der Waals surface area contributed by atoms with Gasteiger partial charge in [-0.1, -0.05) is 0 Å². The monoisotopic (exact) mass is 170 g/mol. The lowest BCUT2D eigenvalue weighted by Crippen LogP contribution is -2.34. The smallest absolute Gasteiger partial charge is 0.317 e. The van der Waals surface area contributed by atoms with Crippen LogP contribution in [0.25, 0.3) is 0 Å². The fourth-order valence-electron chi connectivity index (χ4n) is 1.61. The minimum absolute atomic E-state index is 0.0229. The minimum Gasteiger partial charge on any atom is -0.396 e. The van der Waals surface area contributed by atoms with Gasteiger partial charge in [-0.3, -0.25) is 0 Å². The SMILES string of the molecule is O=C1NCCN1CC1(CO)CC1. The molecule has 1 saturated carbocycles. The van der Waals surface area contributed by atoms with E-state index in [1.54, 1.807) is 4.90 Å². The fraction of sp³-hybridized carbons (Fsp3) is 0.875. The molecule has 2 fully saturated rings. The highest BCUT2D eigenvalue weighted by molar-refractivity contribution is 5.76. The third-order valence-corrected chi connectivity index (χ3v) is 2.76. The van der Waals surface area contributed by atoms with Crippen molar-refractivity contribution < 1.29 is 9.90 Å². The van der Waals surface area contributed by atoms with Crippen molar-refractivity contribution in [2.24, 2.45) is 5.41 Å². The number of carbonyl (C=O) groups excluding carboxylic acids is 1. The number of aliphatic hydroxyl groups excluding tert-OH is 1. The number of hydrogen-bond acceptors (Lipinski definition) is 2. The number of amides is 2. The Balaban J connectivity index is 1.90. The summed E-state index contributed by atoms with van der Waals surface area (Å²) in [4.78, 5) is 12.9. The summed E-state index contributed by atoms with van der Waals surface area (Å²) >= 11 is 0. The summed E-state index contributed by atoms with van der Waals surface area (Å²) in [5, 5.41) is 11.8. The highest BCUT2D eigenvalue weighted by Crippen LogP contribution is 2.45. The minimum atomic E-state index is 0.0229. The second-order valence-electron chi connectivity index (χ2n) is 3.81. The number of rotatable bonds is 3. The van der Waals surface area contributed by atoms with Gasteiger partial charge in [-0.2, -0.15) is 0 Å². The number of urea groups is 1. The van der Waals surface area contributed by atoms with Gasteiger partial charge in [-0.05, 0) is 12.8 Å². The lowest BCUT2D eigenvalue weighted by atomic mass is 10.1. The van der Waals surface area contributed by atoms with E-state index in [1.165, 1.54) is 0 Å². The molecule has 0 radical (unpaired) electrons. The van der Waals surface area contributed by atoms with E-state index in [0.29, 0.717) is 0 Å². The Hall–Kier alpha value is -0.770. The van der Waals surface area contributed by atoms with E-state index < -0.39 is 0 Å². The van der Waals surface area contributed by atoms with Crippen LogP contribution in [0, 0.1) is 5.41 Å². The Morgan fingerprint density at radius 3 is 2.75 bits per heavy atom. The number of nitrogens with zero attached hydrogens (tertiary/aromatic N) is 1. The molecule has 0 spiro atoms. The van der Waals surface area contributed by atoms with Crippen LogP contribution in [0.3, 0.4) is 0 Å². The molecule has 2 amide bonds. The highest BCUT2D eigenvalue weighted by Gasteiger charge is 2.44. The van der Waals surface area contributed by atoms with Crippen molar-refractivity contribution in [1.29, 1.82) is 0 Å². The Bertz CT molecular complexity index is 201. The topological polar surface area (TPSA) is 52.6 Å². The summed E-state index contributed by atoms with van der Waals surface area (Å²) < 4.78 is 0. The zero-order valence-corrected chi connectivity index (χ0v) is 7.05. The second kappa shape index (κ2) is 2.62. The molecule has 1 saturated heterocycles. The average Bonchev–Trinajstić information content (AvgIpc) is 2.74. The molecule has 0 unspecified atom stereocenters. The van der Waals surface area contributed by atoms with E-state index >= 15 is 0 Å². The molecule has 1 aliphatic carbocycles. The van der Waals surface area contributed by atoms with Crippen LogP contribution in [0.4, 0.5) is 4.79 Å². The molecule has 1 heterocycles. The van der Waals surface area contributed by atoms with E-state index in [1.807, 2.05) is 0 Å². The number of nitrogens with one attached hydrogen (secondary N) is 1. The number of aliphatic hydroxyl groups is 1. The molecule has 0 aromatic heterocycles. The first-order valence-corrected chi connectivity index (χ1v) is 4.39. The van der Waals surface area contributed by atoms with Crippen LogP contribution >= 0.6 is 0 Å². The van der Waals surface area contributed by atoms with Gasteiger partial charge in [0.15, 0.2) is 0 Å². The molecular formula is C8H14N2O2. The lowest BCUT2D eigenvalue weighted by molar-refractivity contribution is 0.164. The van der Waals surface area contributed by atoms with Gasteiger partial charge < -0.3 is 15.3 Å². The van der Waals surface area contributed by atoms with Gasteiger partial charge >= 0.3 is 6.03 Å². The maximum absolute atomic E-state index is 11.1. The van der Waals surface area contributed by atoms with Gasteiger partial charge in [-0.15, -0.1) is 0 Å². The second-order valence-corrected chi connectivity index (χ2v) is 3.81. The Morgan fingerprint density at radius 2 is 2.33 bits per heavy atom. The van der Waals surface area contributed by atoms with Gasteiger partial charge in [0, 0.05) is 25.0 Å². The van der Waals surface area contributed by atoms with E-state index in [-0.39, 0.29) is 18.1 Å². The molecule has 0 atom stereocenters. The van der Waals surface area contributed by atoms with E-state index in [9.17, 15) is 4.79 Å². The molecule has 0 aromatic carbocycles. The predicted octanol–water partition coefficient (Wildman–Crippen LogP) is -0.216. The average molecular weight is 170 g/mol. The number of hydrogen-bond donors (Lipinski definition) is 2. The summed E-state index contributed by atoms with van der Waals surface area (Å²) in [5.41, 5.74) is 0.0572. The molecule has 2 rings (SSSR count). The predicted molar refractivity (Wildman–Crippen MR) is 43.7 cm³/mol. The van der Waals surface area contributed by atoms with Crippen molar-refractivity contribution in [1.82, 2.24) is 10.2 Å². The van der Waals surface area contributed by atoms with Crippen molar-refractivity contribution in [3.8, 4) is 0 Å². The molecule has 4 nitrogen and oxygen atoms in total. The molecule has 1 aliphatic heterocycles. The quantitative estimate of drug-likeness (QED) is 0.615. The van der Waals surface area contributed by atoms with Crippen LogP contribution in [0.2, 0.25) is 0 Å². The van der Waals surface area contributed by atoms with Crippen molar-refractivity contribution in [2.45, 2.75) is 12.8 Å². The molecule has 2 aliphatic rings. The summed E-state index contributed by atoms with van der Waals surface area (Å²) in [5.74, 6) is 0. The highest BCUT2D eigenvalue weighted by atomic mass is 16.3. The first-order chi connectivity index (χ1) is 5.76. The zero-order chi connectivity index (χ0) is 8.60. The largest absolute Gasteiger partial charge is 0.396 e. The van der Waals surface area contributed by atoms with Gasteiger partial charge in [0.2, 0.25) is 0 Å². The van der Waals surface area contributed by atoms with Crippen molar-refractivity contribution in [3.05, 3.63) is 0 Å². The molecule has 68 valence electrons. The molecule has 2 N–H and O–H groups in total.